The molecule has 1 saturated heterocycles. The number of carbonyl (C=O) groups excluding carboxylic acids is 1. The van der Waals surface area contributed by atoms with Crippen LogP contribution in [0.2, 0.25) is 0 Å². The van der Waals surface area contributed by atoms with Crippen LogP contribution >= 0.6 is 0 Å². The van der Waals surface area contributed by atoms with E-state index in [4.69, 9.17) is 5.11 Å². The number of nitrogens with zero attached hydrogens (tertiary/aromatic N) is 1. The number of piperidine rings is 1. The SMILES string of the molecule is CCNC1CC(CCO)CN(C(=O)C(C)C)C1. The van der Waals surface area contributed by atoms with Crippen molar-refractivity contribution in [2.75, 3.05) is 26.2 Å². The zero-order valence-corrected chi connectivity index (χ0v) is 11.3. The summed E-state index contributed by atoms with van der Waals surface area (Å²) in [4.78, 5) is 14.0. The average Bonchev–Trinajstić information content (AvgIpc) is 2.28. The smallest absolute Gasteiger partial charge is 0.225 e. The van der Waals surface area contributed by atoms with Crippen LogP contribution in [0.25, 0.3) is 0 Å². The van der Waals surface area contributed by atoms with Crippen molar-refractivity contribution in [2.24, 2.45) is 11.8 Å². The van der Waals surface area contributed by atoms with Crippen molar-refractivity contribution >= 4 is 5.91 Å². The molecule has 0 bridgehead atoms. The molecule has 0 aromatic heterocycles. The molecular formula is C13H26N2O2. The molecular weight excluding hydrogens is 216 g/mol. The fraction of sp³-hybridized carbons (Fsp3) is 0.923. The summed E-state index contributed by atoms with van der Waals surface area (Å²) in [6.07, 6.45) is 1.86. The van der Waals surface area contributed by atoms with Crippen LogP contribution in [0.4, 0.5) is 0 Å². The minimum absolute atomic E-state index is 0.0603. The van der Waals surface area contributed by atoms with Gasteiger partial charge in [0.1, 0.15) is 0 Å². The van der Waals surface area contributed by atoms with Gasteiger partial charge in [0.25, 0.3) is 0 Å². The molecule has 17 heavy (non-hydrogen) atoms. The number of likely N-dealkylation sites (tertiary alicyclic amines) is 1. The summed E-state index contributed by atoms with van der Waals surface area (Å²) in [7, 11) is 0. The van der Waals surface area contributed by atoms with Crippen LogP contribution in [0.1, 0.15) is 33.6 Å². The first-order valence-corrected chi connectivity index (χ1v) is 6.71. The third-order valence-electron chi connectivity index (χ3n) is 3.37. The van der Waals surface area contributed by atoms with Crippen molar-refractivity contribution in [3.05, 3.63) is 0 Å². The van der Waals surface area contributed by atoms with Crippen LogP contribution in [0.15, 0.2) is 0 Å². The molecule has 1 rings (SSSR count). The predicted octanol–water partition coefficient (Wildman–Crippen LogP) is 0.851. The Morgan fingerprint density at radius 1 is 1.47 bits per heavy atom. The van der Waals surface area contributed by atoms with Crippen LogP contribution in [0.5, 0.6) is 0 Å². The van der Waals surface area contributed by atoms with Gasteiger partial charge in [-0.15, -0.1) is 0 Å². The van der Waals surface area contributed by atoms with Gasteiger partial charge >= 0.3 is 0 Å². The minimum Gasteiger partial charge on any atom is -0.396 e. The van der Waals surface area contributed by atoms with E-state index in [1.165, 1.54) is 0 Å². The van der Waals surface area contributed by atoms with E-state index in [9.17, 15) is 4.79 Å². The number of hydrogen-bond donors (Lipinski definition) is 2. The average molecular weight is 242 g/mol. The molecule has 1 fully saturated rings. The monoisotopic (exact) mass is 242 g/mol. The maximum atomic E-state index is 12.0. The van der Waals surface area contributed by atoms with Gasteiger partial charge in [-0.3, -0.25) is 4.79 Å². The molecule has 1 aliphatic rings. The number of amides is 1. The van der Waals surface area contributed by atoms with Crippen LogP contribution in [0.3, 0.4) is 0 Å². The Labute approximate surface area is 104 Å². The quantitative estimate of drug-likeness (QED) is 0.751. The lowest BCUT2D eigenvalue weighted by atomic mass is 9.91. The lowest BCUT2D eigenvalue weighted by Crippen LogP contribution is -2.52. The summed E-state index contributed by atoms with van der Waals surface area (Å²) >= 11 is 0. The Bertz CT molecular complexity index is 230. The Hall–Kier alpha value is -0.610. The van der Waals surface area contributed by atoms with Gasteiger partial charge in [0.15, 0.2) is 0 Å². The number of carbonyl (C=O) groups is 1. The van der Waals surface area contributed by atoms with Gasteiger partial charge in [-0.05, 0) is 25.3 Å². The highest BCUT2D eigenvalue weighted by Crippen LogP contribution is 2.21. The third kappa shape index (κ3) is 4.28. The van der Waals surface area contributed by atoms with Gasteiger partial charge in [0.2, 0.25) is 5.91 Å². The van der Waals surface area contributed by atoms with Gasteiger partial charge in [-0.25, -0.2) is 0 Å². The first kappa shape index (κ1) is 14.5. The first-order valence-electron chi connectivity index (χ1n) is 6.71. The molecule has 4 nitrogen and oxygen atoms in total. The van der Waals surface area contributed by atoms with E-state index < -0.39 is 0 Å². The van der Waals surface area contributed by atoms with Gasteiger partial charge in [0, 0.05) is 31.7 Å². The molecule has 2 N–H and O–H groups in total. The van der Waals surface area contributed by atoms with Crippen molar-refractivity contribution in [1.29, 1.82) is 0 Å². The third-order valence-corrected chi connectivity index (χ3v) is 3.37. The minimum atomic E-state index is 0.0603. The highest BCUT2D eigenvalue weighted by atomic mass is 16.3. The van der Waals surface area contributed by atoms with Gasteiger partial charge in [-0.2, -0.15) is 0 Å². The van der Waals surface area contributed by atoms with E-state index in [0.29, 0.717) is 12.0 Å². The lowest BCUT2D eigenvalue weighted by molar-refractivity contribution is -0.137. The van der Waals surface area contributed by atoms with Crippen molar-refractivity contribution in [2.45, 2.75) is 39.7 Å². The Morgan fingerprint density at radius 2 is 2.18 bits per heavy atom. The summed E-state index contributed by atoms with van der Waals surface area (Å²) in [5.41, 5.74) is 0. The van der Waals surface area contributed by atoms with Crippen molar-refractivity contribution in [1.82, 2.24) is 10.2 Å². The Morgan fingerprint density at radius 3 is 2.71 bits per heavy atom. The number of likely N-dealkylation sites (N-methyl/N-ethyl adjacent to an activating group) is 1. The van der Waals surface area contributed by atoms with Gasteiger partial charge in [0.05, 0.1) is 0 Å². The molecule has 0 aromatic carbocycles. The molecule has 1 amide bonds. The second-order valence-electron chi connectivity index (χ2n) is 5.27. The summed E-state index contributed by atoms with van der Waals surface area (Å²) in [6, 6.07) is 0.382. The standard InChI is InChI=1S/C13H26N2O2/c1-4-14-12-7-11(5-6-16)8-15(9-12)13(17)10(2)3/h10-12,14,16H,4-9H2,1-3H3. The lowest BCUT2D eigenvalue weighted by Gasteiger charge is -2.39. The molecule has 1 aliphatic heterocycles. The van der Waals surface area contributed by atoms with Crippen molar-refractivity contribution in [3.63, 3.8) is 0 Å². The van der Waals surface area contributed by atoms with Crippen molar-refractivity contribution < 1.29 is 9.90 Å². The summed E-state index contributed by atoms with van der Waals surface area (Å²) in [6.45, 7) is 8.74. The molecule has 0 radical (unpaired) electrons. The maximum Gasteiger partial charge on any atom is 0.225 e. The van der Waals surface area contributed by atoms with Crippen molar-refractivity contribution in [3.8, 4) is 0 Å². The van der Waals surface area contributed by atoms with Gasteiger partial charge in [-0.1, -0.05) is 20.8 Å². The van der Waals surface area contributed by atoms with E-state index in [1.54, 1.807) is 0 Å². The Balaban J connectivity index is 2.61. The van der Waals surface area contributed by atoms with Crippen LogP contribution in [0, 0.1) is 11.8 Å². The summed E-state index contributed by atoms with van der Waals surface area (Å²) in [5, 5.41) is 12.5. The normalized spacial score (nSPS) is 25.4. The largest absolute Gasteiger partial charge is 0.396 e. The molecule has 100 valence electrons. The van der Waals surface area contributed by atoms with Crippen LogP contribution in [-0.2, 0) is 4.79 Å². The number of rotatable bonds is 5. The van der Waals surface area contributed by atoms with E-state index in [-0.39, 0.29) is 18.4 Å². The number of aliphatic hydroxyl groups is 1. The highest BCUT2D eigenvalue weighted by Gasteiger charge is 2.29. The zero-order valence-electron chi connectivity index (χ0n) is 11.3. The molecule has 1 heterocycles. The summed E-state index contributed by atoms with van der Waals surface area (Å²) in [5.74, 6) is 0.723. The van der Waals surface area contributed by atoms with Gasteiger partial charge < -0.3 is 15.3 Å². The first-order chi connectivity index (χ1) is 8.08. The second kappa shape index (κ2) is 6.97. The van der Waals surface area contributed by atoms with E-state index >= 15 is 0 Å². The number of aliphatic hydroxyl groups excluding tert-OH is 1. The zero-order chi connectivity index (χ0) is 12.8. The molecule has 0 aromatic rings. The van der Waals surface area contributed by atoms with E-state index in [1.807, 2.05) is 18.7 Å². The number of hydrogen-bond acceptors (Lipinski definition) is 3. The molecule has 2 atom stereocenters. The topological polar surface area (TPSA) is 52.6 Å². The molecule has 0 aliphatic carbocycles. The van der Waals surface area contributed by atoms with Crippen LogP contribution < -0.4 is 5.32 Å². The Kier molecular flexibility index (Phi) is 5.92. The molecule has 4 heteroatoms. The molecule has 0 spiro atoms. The van der Waals surface area contributed by atoms with Crippen LogP contribution in [-0.4, -0.2) is 48.2 Å². The molecule has 0 saturated carbocycles. The molecule has 2 unspecified atom stereocenters. The summed E-state index contributed by atoms with van der Waals surface area (Å²) < 4.78 is 0. The highest BCUT2D eigenvalue weighted by molar-refractivity contribution is 5.78. The van der Waals surface area contributed by atoms with E-state index in [2.05, 4.69) is 12.2 Å². The fourth-order valence-corrected chi connectivity index (χ4v) is 2.58. The van der Waals surface area contributed by atoms with E-state index in [0.717, 1.165) is 32.5 Å². The second-order valence-corrected chi connectivity index (χ2v) is 5.27. The fourth-order valence-electron chi connectivity index (χ4n) is 2.58. The number of nitrogens with one attached hydrogen (secondary N) is 1. The maximum absolute atomic E-state index is 12.0. The predicted molar refractivity (Wildman–Crippen MR) is 68.7 cm³/mol.